The van der Waals surface area contributed by atoms with Gasteiger partial charge in [0.2, 0.25) is 0 Å². The first-order valence-corrected chi connectivity index (χ1v) is 9.71. The fraction of sp³-hybridized carbons (Fsp3) is 0.273. The number of aryl methyl sites for hydroxylation is 1. The summed E-state index contributed by atoms with van der Waals surface area (Å²) < 4.78 is 1.97. The third-order valence-corrected chi connectivity index (χ3v) is 5.33. The van der Waals surface area contributed by atoms with Crippen molar-refractivity contribution >= 4 is 23.2 Å². The van der Waals surface area contributed by atoms with Crippen molar-refractivity contribution in [1.82, 2.24) is 9.78 Å². The van der Waals surface area contributed by atoms with Crippen molar-refractivity contribution in [2.75, 3.05) is 18.9 Å². The van der Waals surface area contributed by atoms with Crippen LogP contribution >= 0.6 is 11.6 Å². The first kappa shape index (κ1) is 20.1. The van der Waals surface area contributed by atoms with Crippen LogP contribution in [0.4, 0.5) is 5.69 Å². The predicted octanol–water partition coefficient (Wildman–Crippen LogP) is 3.10. The molecule has 3 rings (SSSR count). The number of halogens is 1. The Bertz CT molecular complexity index is 982. The van der Waals surface area contributed by atoms with Gasteiger partial charge in [0.25, 0.3) is 5.91 Å². The number of benzene rings is 2. The second-order valence-electron chi connectivity index (χ2n) is 7.17. The molecule has 0 radical (unpaired) electrons. The molecule has 1 heterocycles. The molecule has 0 saturated carbocycles. The van der Waals surface area contributed by atoms with Crippen LogP contribution in [0.2, 0.25) is 5.02 Å². The molecule has 2 aromatic carbocycles. The zero-order chi connectivity index (χ0) is 20.3. The van der Waals surface area contributed by atoms with Gasteiger partial charge in [0, 0.05) is 10.7 Å². The summed E-state index contributed by atoms with van der Waals surface area (Å²) >= 11 is 6.13. The topological polar surface area (TPSA) is 51.4 Å². The molecule has 5 nitrogen and oxygen atoms in total. The fourth-order valence-corrected chi connectivity index (χ4v) is 3.50. The van der Waals surface area contributed by atoms with Gasteiger partial charge in [0.05, 0.1) is 29.7 Å². The van der Waals surface area contributed by atoms with Gasteiger partial charge in [-0.2, -0.15) is 5.10 Å². The third kappa shape index (κ3) is 4.43. The van der Waals surface area contributed by atoms with E-state index in [-0.39, 0.29) is 5.91 Å². The third-order valence-electron chi connectivity index (χ3n) is 4.92. The van der Waals surface area contributed by atoms with Gasteiger partial charge in [-0.3, -0.25) is 4.79 Å². The van der Waals surface area contributed by atoms with E-state index in [4.69, 9.17) is 11.6 Å². The number of carbonyl (C=O) groups excluding carboxylic acids is 1. The summed E-state index contributed by atoms with van der Waals surface area (Å²) in [5.74, 6) is -0.0337. The molecule has 28 heavy (non-hydrogen) atoms. The molecular formula is C22H26ClN4O+. The molecule has 1 aromatic heterocycles. The molecular weight excluding hydrogens is 372 g/mol. The van der Waals surface area contributed by atoms with E-state index in [0.717, 1.165) is 39.8 Å². The SMILES string of the molecule is Cc1nn(-c2ccccc2)c(C)c1C[NH+](C)CC(=O)Nc1cccc(Cl)c1C. The number of carbonyl (C=O) groups is 1. The molecule has 146 valence electrons. The standard InChI is InChI=1S/C22H25ClN4O/c1-15-20(23)11-8-12-21(15)24-22(28)14-26(4)13-19-16(2)25-27(17(19)3)18-9-6-5-7-10-18/h5-12H,13-14H2,1-4H3,(H,24,28)/p+1. The number of likely N-dealkylation sites (N-methyl/N-ethyl adjacent to an activating group) is 1. The molecule has 0 fully saturated rings. The number of amides is 1. The van der Waals surface area contributed by atoms with Gasteiger partial charge in [0.1, 0.15) is 6.54 Å². The smallest absolute Gasteiger partial charge is 0.279 e. The van der Waals surface area contributed by atoms with Gasteiger partial charge in [-0.1, -0.05) is 35.9 Å². The molecule has 1 atom stereocenters. The van der Waals surface area contributed by atoms with E-state index in [9.17, 15) is 4.79 Å². The quantitative estimate of drug-likeness (QED) is 0.671. The normalized spacial score (nSPS) is 12.0. The Morgan fingerprint density at radius 3 is 2.54 bits per heavy atom. The van der Waals surface area contributed by atoms with Crippen molar-refractivity contribution in [2.45, 2.75) is 27.3 Å². The number of nitrogens with one attached hydrogen (secondary N) is 2. The van der Waals surface area contributed by atoms with E-state index in [1.807, 2.05) is 74.1 Å². The van der Waals surface area contributed by atoms with Crippen LogP contribution in [-0.2, 0) is 11.3 Å². The fourth-order valence-electron chi connectivity index (χ4n) is 3.33. The predicted molar refractivity (Wildman–Crippen MR) is 113 cm³/mol. The lowest BCUT2D eigenvalue weighted by Crippen LogP contribution is -3.08. The van der Waals surface area contributed by atoms with Gasteiger partial charge < -0.3 is 10.2 Å². The molecule has 1 unspecified atom stereocenters. The Balaban J connectivity index is 1.68. The van der Waals surface area contributed by atoms with E-state index in [1.165, 1.54) is 5.56 Å². The molecule has 6 heteroatoms. The van der Waals surface area contributed by atoms with Crippen LogP contribution in [0.25, 0.3) is 5.69 Å². The van der Waals surface area contributed by atoms with Crippen LogP contribution in [0, 0.1) is 20.8 Å². The van der Waals surface area contributed by atoms with Gasteiger partial charge in [-0.05, 0) is 50.6 Å². The van der Waals surface area contributed by atoms with Crippen LogP contribution in [0.3, 0.4) is 0 Å². The highest BCUT2D eigenvalue weighted by Gasteiger charge is 2.18. The first-order chi connectivity index (χ1) is 13.4. The van der Waals surface area contributed by atoms with Crippen molar-refractivity contribution in [3.63, 3.8) is 0 Å². The van der Waals surface area contributed by atoms with Crippen LogP contribution in [-0.4, -0.2) is 29.3 Å². The van der Waals surface area contributed by atoms with Gasteiger partial charge in [-0.25, -0.2) is 4.68 Å². The number of aromatic nitrogens is 2. The Hall–Kier alpha value is -2.63. The molecule has 0 aliphatic rings. The lowest BCUT2D eigenvalue weighted by Gasteiger charge is -2.15. The minimum absolute atomic E-state index is 0.0337. The summed E-state index contributed by atoms with van der Waals surface area (Å²) in [6.07, 6.45) is 0. The largest absolute Gasteiger partial charge is 0.326 e. The average Bonchev–Trinajstić information content (AvgIpc) is 2.94. The van der Waals surface area contributed by atoms with Crippen molar-refractivity contribution in [3.05, 3.63) is 76.1 Å². The highest BCUT2D eigenvalue weighted by Crippen LogP contribution is 2.22. The van der Waals surface area contributed by atoms with Crippen molar-refractivity contribution < 1.29 is 9.69 Å². The maximum atomic E-state index is 12.5. The zero-order valence-corrected chi connectivity index (χ0v) is 17.5. The molecule has 2 N–H and O–H groups in total. The molecule has 3 aromatic rings. The van der Waals surface area contributed by atoms with Crippen molar-refractivity contribution in [1.29, 1.82) is 0 Å². The van der Waals surface area contributed by atoms with Gasteiger partial charge in [0.15, 0.2) is 6.54 Å². The number of para-hydroxylation sites is 1. The minimum atomic E-state index is -0.0337. The number of hydrogen-bond acceptors (Lipinski definition) is 2. The summed E-state index contributed by atoms with van der Waals surface area (Å²) in [6, 6.07) is 15.6. The maximum absolute atomic E-state index is 12.5. The number of rotatable bonds is 6. The van der Waals surface area contributed by atoms with E-state index >= 15 is 0 Å². The van der Waals surface area contributed by atoms with E-state index < -0.39 is 0 Å². The summed E-state index contributed by atoms with van der Waals surface area (Å²) in [5, 5.41) is 8.30. The van der Waals surface area contributed by atoms with Gasteiger partial charge >= 0.3 is 0 Å². The molecule has 1 amide bonds. The maximum Gasteiger partial charge on any atom is 0.279 e. The molecule has 0 spiro atoms. The Kier molecular flexibility index (Phi) is 6.17. The summed E-state index contributed by atoms with van der Waals surface area (Å²) in [6.45, 7) is 7.09. The lowest BCUT2D eigenvalue weighted by atomic mass is 10.2. The number of hydrogen-bond donors (Lipinski definition) is 2. The Morgan fingerprint density at radius 1 is 1.11 bits per heavy atom. The minimum Gasteiger partial charge on any atom is -0.326 e. The molecule has 0 bridgehead atoms. The number of anilines is 1. The van der Waals surface area contributed by atoms with Crippen LogP contribution in [0.15, 0.2) is 48.5 Å². The Morgan fingerprint density at radius 2 is 1.82 bits per heavy atom. The first-order valence-electron chi connectivity index (χ1n) is 9.33. The van der Waals surface area contributed by atoms with Crippen molar-refractivity contribution in [3.8, 4) is 5.69 Å². The highest BCUT2D eigenvalue weighted by atomic mass is 35.5. The van der Waals surface area contributed by atoms with Crippen LogP contribution < -0.4 is 10.2 Å². The summed E-state index contributed by atoms with van der Waals surface area (Å²) in [5.41, 5.74) is 5.95. The number of nitrogens with zero attached hydrogens (tertiary/aromatic N) is 2. The van der Waals surface area contributed by atoms with E-state index in [0.29, 0.717) is 11.6 Å². The molecule has 0 aliphatic carbocycles. The zero-order valence-electron chi connectivity index (χ0n) is 16.7. The summed E-state index contributed by atoms with van der Waals surface area (Å²) in [7, 11) is 2.02. The number of quaternary nitrogens is 1. The monoisotopic (exact) mass is 397 g/mol. The summed E-state index contributed by atoms with van der Waals surface area (Å²) in [4.78, 5) is 13.6. The highest BCUT2D eigenvalue weighted by molar-refractivity contribution is 6.31. The second kappa shape index (κ2) is 8.59. The lowest BCUT2D eigenvalue weighted by molar-refractivity contribution is -0.885. The van der Waals surface area contributed by atoms with Crippen LogP contribution in [0.1, 0.15) is 22.5 Å². The Labute approximate surface area is 170 Å². The average molecular weight is 398 g/mol. The molecule has 0 saturated heterocycles. The second-order valence-corrected chi connectivity index (χ2v) is 7.58. The van der Waals surface area contributed by atoms with Gasteiger partial charge in [-0.15, -0.1) is 0 Å². The van der Waals surface area contributed by atoms with Crippen molar-refractivity contribution in [2.24, 2.45) is 0 Å². The van der Waals surface area contributed by atoms with Crippen LogP contribution in [0.5, 0.6) is 0 Å². The van der Waals surface area contributed by atoms with E-state index in [1.54, 1.807) is 0 Å². The molecule has 0 aliphatic heterocycles. The van der Waals surface area contributed by atoms with E-state index in [2.05, 4.69) is 17.3 Å².